The number of hydrogen-bond donors (Lipinski definition) is 5. The number of piperazine rings is 1. The first kappa shape index (κ1) is 27.6. The quantitative estimate of drug-likeness (QED) is 0.328. The Morgan fingerprint density at radius 1 is 0.975 bits per heavy atom. The Bertz CT molecular complexity index is 1240. The highest BCUT2D eigenvalue weighted by Crippen LogP contribution is 2.48. The highest BCUT2D eigenvalue weighted by Gasteiger charge is 2.56. The minimum absolute atomic E-state index is 0.0635. The molecule has 6 N–H and O–H groups in total. The van der Waals surface area contributed by atoms with Crippen molar-refractivity contribution in [2.24, 2.45) is 17.1 Å². The lowest BCUT2D eigenvalue weighted by molar-refractivity contribution is -0.131. The number of nitrogens with one attached hydrogen (secondary N) is 4. The maximum atomic E-state index is 13.3. The highest BCUT2D eigenvalue weighted by molar-refractivity contribution is 6.31. The van der Waals surface area contributed by atoms with E-state index in [9.17, 15) is 9.59 Å². The second kappa shape index (κ2) is 11.4. The van der Waals surface area contributed by atoms with Gasteiger partial charge in [-0.2, -0.15) is 0 Å². The molecule has 0 radical (unpaired) electrons. The Hall–Kier alpha value is -2.53. The molecule has 10 heteroatoms. The average molecular weight is 566 g/mol. The van der Waals surface area contributed by atoms with Crippen LogP contribution >= 0.6 is 11.6 Å². The van der Waals surface area contributed by atoms with E-state index in [4.69, 9.17) is 17.3 Å². The Kier molecular flexibility index (Phi) is 7.87. The van der Waals surface area contributed by atoms with E-state index >= 15 is 0 Å². The molecule has 9 nitrogen and oxygen atoms in total. The number of nitrogens with zero attached hydrogens (tertiary/aromatic N) is 2. The van der Waals surface area contributed by atoms with Gasteiger partial charge in [0.15, 0.2) is 0 Å². The summed E-state index contributed by atoms with van der Waals surface area (Å²) in [6, 6.07) is 14.0. The van der Waals surface area contributed by atoms with E-state index in [1.165, 1.54) is 5.56 Å². The van der Waals surface area contributed by atoms with Crippen molar-refractivity contribution in [2.45, 2.75) is 56.8 Å². The van der Waals surface area contributed by atoms with Gasteiger partial charge in [0.1, 0.15) is 5.41 Å². The molecule has 40 heavy (non-hydrogen) atoms. The fourth-order valence-electron chi connectivity index (χ4n) is 6.60. The van der Waals surface area contributed by atoms with Crippen molar-refractivity contribution in [3.8, 4) is 0 Å². The second-order valence-corrected chi connectivity index (χ2v) is 12.4. The molecule has 2 aromatic carbocycles. The van der Waals surface area contributed by atoms with E-state index in [1.54, 1.807) is 6.07 Å². The van der Waals surface area contributed by atoms with Crippen molar-refractivity contribution in [2.75, 3.05) is 43.9 Å². The summed E-state index contributed by atoms with van der Waals surface area (Å²) in [6.45, 7) is 4.76. The summed E-state index contributed by atoms with van der Waals surface area (Å²) in [6.07, 6.45) is 4.41. The summed E-state index contributed by atoms with van der Waals surface area (Å²) in [5.41, 5.74) is 15.4. The van der Waals surface area contributed by atoms with Crippen LogP contribution in [0.3, 0.4) is 0 Å². The van der Waals surface area contributed by atoms with Crippen molar-refractivity contribution in [3.05, 3.63) is 58.6 Å². The van der Waals surface area contributed by atoms with Crippen LogP contribution in [0.1, 0.15) is 49.1 Å². The summed E-state index contributed by atoms with van der Waals surface area (Å²) in [7, 11) is 2.13. The third kappa shape index (κ3) is 5.64. The topological polar surface area (TPSA) is 115 Å². The molecule has 2 aliphatic heterocycles. The molecule has 4 atom stereocenters. The summed E-state index contributed by atoms with van der Waals surface area (Å²) in [5.74, 6) is 0.205. The number of rotatable bonds is 7. The summed E-state index contributed by atoms with van der Waals surface area (Å²) < 4.78 is 0. The molecule has 0 aromatic heterocycles. The number of benzene rings is 2. The molecule has 214 valence electrons. The molecule has 2 amide bonds. The number of halogens is 1. The zero-order chi connectivity index (χ0) is 27.9. The molecule has 0 bridgehead atoms. The average Bonchev–Trinajstić information content (AvgIpc) is 3.69. The van der Waals surface area contributed by atoms with Gasteiger partial charge in [-0.3, -0.25) is 19.9 Å². The van der Waals surface area contributed by atoms with Gasteiger partial charge in [0.25, 0.3) is 0 Å². The van der Waals surface area contributed by atoms with E-state index in [2.05, 4.69) is 50.5 Å². The third-order valence-corrected chi connectivity index (χ3v) is 9.69. The number of carbonyl (C=O) groups excluding carboxylic acids is 2. The van der Waals surface area contributed by atoms with Crippen molar-refractivity contribution in [1.82, 2.24) is 20.7 Å². The Morgan fingerprint density at radius 3 is 2.35 bits per heavy atom. The lowest BCUT2D eigenvalue weighted by Crippen LogP contribution is -2.43. The van der Waals surface area contributed by atoms with Gasteiger partial charge in [-0.1, -0.05) is 30.2 Å². The predicted octanol–water partition coefficient (Wildman–Crippen LogP) is 3.09. The van der Waals surface area contributed by atoms with Crippen molar-refractivity contribution < 1.29 is 9.59 Å². The maximum absolute atomic E-state index is 13.3. The molecular weight excluding hydrogens is 526 g/mol. The third-order valence-electron chi connectivity index (χ3n) is 9.32. The standard InChI is InChI=1S/C30H40ClN7O2/c1-37-13-15-38(16-14-37)18-20-17-22(9-10-24(20)31)34-29(40)30(11-12-30)28(39)33-21-7-5-19(6-8-21)23-3-2-4-25-26(23)27(32)36-35-25/h5-10,17,23,25-27,35-36H,2-4,11-16,18,32H2,1H3,(H,33,39)(H,34,40). The van der Waals surface area contributed by atoms with Crippen LogP contribution in [0.4, 0.5) is 11.4 Å². The molecule has 4 unspecified atom stereocenters. The molecule has 2 heterocycles. The molecule has 0 spiro atoms. The summed E-state index contributed by atoms with van der Waals surface area (Å²) >= 11 is 6.49. The van der Waals surface area contributed by atoms with Crippen LogP contribution in [0, 0.1) is 11.3 Å². The zero-order valence-electron chi connectivity index (χ0n) is 23.1. The van der Waals surface area contributed by atoms with Crippen LogP contribution < -0.4 is 27.2 Å². The first-order valence-corrected chi connectivity index (χ1v) is 14.9. The van der Waals surface area contributed by atoms with Gasteiger partial charge in [0, 0.05) is 61.1 Å². The van der Waals surface area contributed by atoms with Crippen molar-refractivity contribution >= 4 is 34.8 Å². The molecule has 6 rings (SSSR count). The van der Waals surface area contributed by atoms with Gasteiger partial charge in [-0.25, -0.2) is 5.43 Å². The first-order valence-electron chi connectivity index (χ1n) is 14.5. The molecule has 2 saturated carbocycles. The lowest BCUT2D eigenvalue weighted by Gasteiger charge is -2.34. The number of hydrogen-bond acceptors (Lipinski definition) is 7. The second-order valence-electron chi connectivity index (χ2n) is 12.0. The number of amides is 2. The minimum atomic E-state index is -1.04. The number of likely N-dealkylation sites (N-methyl/N-ethyl adjacent to an activating group) is 1. The number of nitrogens with two attached hydrogens (primary N) is 1. The van der Waals surface area contributed by atoms with Crippen LogP contribution in [-0.4, -0.2) is 67.0 Å². The number of hydrazine groups is 1. The smallest absolute Gasteiger partial charge is 0.240 e. The number of anilines is 2. The monoisotopic (exact) mass is 565 g/mol. The molecule has 2 aromatic rings. The minimum Gasteiger partial charge on any atom is -0.325 e. The van der Waals surface area contributed by atoms with E-state index in [-0.39, 0.29) is 18.0 Å². The van der Waals surface area contributed by atoms with Crippen LogP contribution in [0.15, 0.2) is 42.5 Å². The van der Waals surface area contributed by atoms with Crippen LogP contribution in [0.5, 0.6) is 0 Å². The molecule has 2 saturated heterocycles. The summed E-state index contributed by atoms with van der Waals surface area (Å²) in [5, 5.41) is 6.67. The van der Waals surface area contributed by atoms with Gasteiger partial charge < -0.3 is 21.3 Å². The van der Waals surface area contributed by atoms with E-state index in [0.717, 1.165) is 57.5 Å². The fourth-order valence-corrected chi connectivity index (χ4v) is 6.78. The molecular formula is C30H40ClN7O2. The summed E-state index contributed by atoms with van der Waals surface area (Å²) in [4.78, 5) is 31.3. The fraction of sp³-hybridized carbons (Fsp3) is 0.533. The first-order chi connectivity index (χ1) is 19.3. The Labute approximate surface area is 241 Å². The molecule has 2 aliphatic carbocycles. The van der Waals surface area contributed by atoms with Crippen molar-refractivity contribution in [1.29, 1.82) is 0 Å². The Morgan fingerprint density at radius 2 is 1.65 bits per heavy atom. The van der Waals surface area contributed by atoms with E-state index in [1.807, 2.05) is 24.3 Å². The van der Waals surface area contributed by atoms with Crippen LogP contribution in [0.2, 0.25) is 5.02 Å². The van der Waals surface area contributed by atoms with E-state index in [0.29, 0.717) is 47.1 Å². The molecule has 4 aliphatic rings. The normalized spacial score (nSPS) is 28.1. The maximum Gasteiger partial charge on any atom is 0.240 e. The Balaban J connectivity index is 1.07. The number of fused-ring (bicyclic) bond motifs is 1. The van der Waals surface area contributed by atoms with Gasteiger partial charge in [-0.05, 0) is 80.1 Å². The van der Waals surface area contributed by atoms with Gasteiger partial charge in [0.05, 0.1) is 6.17 Å². The van der Waals surface area contributed by atoms with Gasteiger partial charge in [0.2, 0.25) is 11.8 Å². The predicted molar refractivity (Wildman–Crippen MR) is 158 cm³/mol. The number of carbonyl (C=O) groups is 2. The van der Waals surface area contributed by atoms with E-state index < -0.39 is 5.41 Å². The molecule has 4 fully saturated rings. The largest absolute Gasteiger partial charge is 0.325 e. The lowest BCUT2D eigenvalue weighted by atomic mass is 9.72. The highest BCUT2D eigenvalue weighted by atomic mass is 35.5. The van der Waals surface area contributed by atoms with Crippen molar-refractivity contribution in [3.63, 3.8) is 0 Å². The zero-order valence-corrected chi connectivity index (χ0v) is 23.8. The van der Waals surface area contributed by atoms with Crippen LogP contribution in [0.25, 0.3) is 0 Å². The van der Waals surface area contributed by atoms with Crippen LogP contribution in [-0.2, 0) is 16.1 Å². The van der Waals surface area contributed by atoms with Gasteiger partial charge >= 0.3 is 0 Å². The van der Waals surface area contributed by atoms with Gasteiger partial charge in [-0.15, -0.1) is 0 Å². The SMILES string of the molecule is CN1CCN(Cc2cc(NC(=O)C3(C(=O)Nc4ccc(C5CCCC6NNC(N)C65)cc4)CC3)ccc2Cl)CC1.